The summed E-state index contributed by atoms with van der Waals surface area (Å²) in [5.74, 6) is 0.401. The zero-order valence-electron chi connectivity index (χ0n) is 30.9. The molecule has 9 nitrogen and oxygen atoms in total. The van der Waals surface area contributed by atoms with Crippen LogP contribution in [-0.4, -0.2) is 59.4 Å². The number of amides is 3. The highest BCUT2D eigenvalue weighted by Gasteiger charge is 2.34. The second-order valence-corrected chi connectivity index (χ2v) is 15.6. The molecule has 4 aromatic carbocycles. The van der Waals surface area contributed by atoms with Crippen LogP contribution in [0, 0.1) is 0 Å². The zero-order valence-corrected chi connectivity index (χ0v) is 30.9. The summed E-state index contributed by atoms with van der Waals surface area (Å²) in [5, 5.41) is 5.90. The first-order valence-corrected chi connectivity index (χ1v) is 18.0. The molecule has 9 heteroatoms. The summed E-state index contributed by atoms with van der Waals surface area (Å²) < 4.78 is 17.5. The average Bonchev–Trinajstić information content (AvgIpc) is 3.33. The van der Waals surface area contributed by atoms with Crippen molar-refractivity contribution in [2.75, 3.05) is 13.2 Å². The highest BCUT2D eigenvalue weighted by molar-refractivity contribution is 5.87. The number of fused-ring (bicyclic) bond motifs is 4. The van der Waals surface area contributed by atoms with Crippen LogP contribution >= 0.6 is 0 Å². The van der Waals surface area contributed by atoms with E-state index in [-0.39, 0.29) is 30.6 Å². The quantitative estimate of drug-likeness (QED) is 0.184. The summed E-state index contributed by atoms with van der Waals surface area (Å²) >= 11 is 0. The second kappa shape index (κ2) is 15.1. The maximum atomic E-state index is 14.2. The minimum Gasteiger partial charge on any atom is -0.488 e. The number of rotatable bonds is 9. The Morgan fingerprint density at radius 1 is 0.769 bits per heavy atom. The minimum atomic E-state index is -0.845. The monoisotopic (exact) mass is 703 g/mol. The molecule has 0 unspecified atom stereocenters. The van der Waals surface area contributed by atoms with E-state index in [1.807, 2.05) is 93.6 Å². The van der Waals surface area contributed by atoms with Crippen molar-refractivity contribution in [1.82, 2.24) is 15.5 Å². The van der Waals surface area contributed by atoms with Gasteiger partial charge in [-0.05, 0) is 99.0 Å². The lowest BCUT2D eigenvalue weighted by Gasteiger charge is -2.30. The number of carbonyl (C=O) groups excluding carboxylic acids is 3. The Bertz CT molecular complexity index is 1860. The van der Waals surface area contributed by atoms with Gasteiger partial charge in [-0.3, -0.25) is 4.79 Å². The summed E-state index contributed by atoms with van der Waals surface area (Å²) in [4.78, 5) is 42.4. The van der Waals surface area contributed by atoms with Crippen LogP contribution in [0.15, 0.2) is 97.1 Å². The van der Waals surface area contributed by atoms with Gasteiger partial charge in [0.05, 0.1) is 6.04 Å². The maximum absolute atomic E-state index is 14.2. The fourth-order valence-corrected chi connectivity index (χ4v) is 7.00. The Morgan fingerprint density at radius 2 is 1.37 bits per heavy atom. The Hall–Kier alpha value is -5.31. The predicted octanol–water partition coefficient (Wildman–Crippen LogP) is 7.79. The highest BCUT2D eigenvalue weighted by atomic mass is 16.6. The van der Waals surface area contributed by atoms with Gasteiger partial charge in [-0.2, -0.15) is 0 Å². The lowest BCUT2D eigenvalue weighted by atomic mass is 9.98. The number of nitrogens with zero attached hydrogens (tertiary/aromatic N) is 1. The van der Waals surface area contributed by atoms with E-state index in [4.69, 9.17) is 14.2 Å². The van der Waals surface area contributed by atoms with Gasteiger partial charge in [-0.25, -0.2) is 9.59 Å². The van der Waals surface area contributed by atoms with Gasteiger partial charge in [-0.15, -0.1) is 0 Å². The van der Waals surface area contributed by atoms with Crippen molar-refractivity contribution >= 4 is 18.1 Å². The van der Waals surface area contributed by atoms with Crippen molar-refractivity contribution in [3.8, 4) is 16.9 Å². The summed E-state index contributed by atoms with van der Waals surface area (Å²) in [6.07, 6.45) is -0.471. The predicted molar refractivity (Wildman–Crippen MR) is 201 cm³/mol. The summed E-state index contributed by atoms with van der Waals surface area (Å²) in [6.45, 7) is 12.0. The molecule has 0 saturated carbocycles. The molecule has 2 aliphatic rings. The van der Waals surface area contributed by atoms with Crippen LogP contribution in [0.4, 0.5) is 9.59 Å². The van der Waals surface area contributed by atoms with Gasteiger partial charge in [0.2, 0.25) is 5.91 Å². The molecular formula is C43H49N3O6. The fourth-order valence-electron chi connectivity index (χ4n) is 7.00. The third kappa shape index (κ3) is 9.12. The Morgan fingerprint density at radius 3 is 1.98 bits per heavy atom. The number of hydrogen-bond acceptors (Lipinski definition) is 6. The van der Waals surface area contributed by atoms with Crippen molar-refractivity contribution < 1.29 is 28.6 Å². The third-order valence-electron chi connectivity index (χ3n) is 9.14. The van der Waals surface area contributed by atoms with Crippen LogP contribution in [0.1, 0.15) is 75.3 Å². The van der Waals surface area contributed by atoms with Crippen molar-refractivity contribution in [1.29, 1.82) is 0 Å². The van der Waals surface area contributed by atoms with E-state index in [0.717, 1.165) is 44.7 Å². The standard InChI is InChI=1S/C43H49N3O6/c1-42(2,3)51-32-21-19-28(20-22-32)23-31(44-40(48)50-27-37-35-17-11-9-15-33(35)34-16-10-12-18-36(34)37)26-46-25-30-14-8-7-13-29(30)24-38(39(46)47)45-41(49)52-43(4,5)6/h7-22,31,37-38H,23-27H2,1-6H3,(H,44,48)(H,45,49)/t31-,38-/m0/s1. The molecule has 1 aliphatic carbocycles. The van der Waals surface area contributed by atoms with E-state index in [1.54, 1.807) is 25.7 Å². The van der Waals surface area contributed by atoms with Gasteiger partial charge in [0, 0.05) is 25.4 Å². The molecule has 1 aliphatic heterocycles. The van der Waals surface area contributed by atoms with Gasteiger partial charge in [0.25, 0.3) is 0 Å². The van der Waals surface area contributed by atoms with Crippen LogP contribution < -0.4 is 15.4 Å². The number of hydrogen-bond donors (Lipinski definition) is 2. The Kier molecular flexibility index (Phi) is 10.6. The van der Waals surface area contributed by atoms with Crippen LogP contribution in [0.3, 0.4) is 0 Å². The molecule has 0 aromatic heterocycles. The van der Waals surface area contributed by atoms with Crippen molar-refractivity contribution in [2.45, 2.75) is 90.1 Å². The van der Waals surface area contributed by atoms with Gasteiger partial charge >= 0.3 is 12.2 Å². The van der Waals surface area contributed by atoms with E-state index in [9.17, 15) is 14.4 Å². The van der Waals surface area contributed by atoms with Gasteiger partial charge in [0.1, 0.15) is 29.6 Å². The topological polar surface area (TPSA) is 106 Å². The van der Waals surface area contributed by atoms with Gasteiger partial charge in [0.15, 0.2) is 0 Å². The normalized spacial score (nSPS) is 16.2. The van der Waals surface area contributed by atoms with Gasteiger partial charge in [-0.1, -0.05) is 84.9 Å². The van der Waals surface area contributed by atoms with E-state index in [2.05, 4.69) is 34.9 Å². The first kappa shape index (κ1) is 36.5. The molecular weight excluding hydrogens is 654 g/mol. The van der Waals surface area contributed by atoms with E-state index in [0.29, 0.717) is 19.4 Å². The minimum absolute atomic E-state index is 0.0877. The molecule has 0 radical (unpaired) electrons. The molecule has 4 aromatic rings. The molecule has 1 heterocycles. The van der Waals surface area contributed by atoms with E-state index >= 15 is 0 Å². The van der Waals surface area contributed by atoms with Crippen molar-refractivity contribution in [3.05, 3.63) is 125 Å². The number of alkyl carbamates (subject to hydrolysis) is 2. The first-order valence-electron chi connectivity index (χ1n) is 18.0. The third-order valence-corrected chi connectivity index (χ3v) is 9.14. The second-order valence-electron chi connectivity index (χ2n) is 15.6. The number of carbonyl (C=O) groups is 3. The number of nitrogens with one attached hydrogen (secondary N) is 2. The van der Waals surface area contributed by atoms with E-state index in [1.165, 1.54) is 0 Å². The summed E-state index contributed by atoms with van der Waals surface area (Å²) in [7, 11) is 0. The first-order chi connectivity index (χ1) is 24.7. The van der Waals surface area contributed by atoms with Crippen molar-refractivity contribution in [2.24, 2.45) is 0 Å². The summed E-state index contributed by atoms with van der Waals surface area (Å²) in [5.41, 5.74) is 6.39. The fraction of sp³-hybridized carbons (Fsp3) is 0.372. The molecule has 2 atom stereocenters. The smallest absolute Gasteiger partial charge is 0.408 e. The number of ether oxygens (including phenoxy) is 3. The highest BCUT2D eigenvalue weighted by Crippen LogP contribution is 2.44. The molecule has 2 N–H and O–H groups in total. The molecule has 0 spiro atoms. The largest absolute Gasteiger partial charge is 0.488 e. The molecule has 0 saturated heterocycles. The molecule has 0 fully saturated rings. The Balaban J connectivity index is 1.22. The molecule has 0 bridgehead atoms. The lowest BCUT2D eigenvalue weighted by molar-refractivity contribution is -0.134. The van der Waals surface area contributed by atoms with Crippen LogP contribution in [-0.2, 0) is 33.7 Å². The van der Waals surface area contributed by atoms with Crippen LogP contribution in [0.5, 0.6) is 5.75 Å². The Labute approximate surface area is 306 Å². The molecule has 52 heavy (non-hydrogen) atoms. The molecule has 6 rings (SSSR count). The number of benzene rings is 4. The van der Waals surface area contributed by atoms with E-state index < -0.39 is 29.9 Å². The van der Waals surface area contributed by atoms with Gasteiger partial charge < -0.3 is 29.7 Å². The zero-order chi connectivity index (χ0) is 37.0. The van der Waals surface area contributed by atoms with Crippen LogP contribution in [0.2, 0.25) is 0 Å². The average molecular weight is 704 g/mol. The van der Waals surface area contributed by atoms with Crippen molar-refractivity contribution in [3.63, 3.8) is 0 Å². The molecule has 272 valence electrons. The summed E-state index contributed by atoms with van der Waals surface area (Å²) in [6, 6.07) is 30.7. The maximum Gasteiger partial charge on any atom is 0.408 e. The molecule has 3 amide bonds. The van der Waals surface area contributed by atoms with Crippen LogP contribution in [0.25, 0.3) is 11.1 Å². The SMILES string of the molecule is CC(C)(C)OC(=O)N[C@H]1Cc2ccccc2CN(C[C@H](Cc2ccc(OC(C)(C)C)cc2)NC(=O)OCC2c3ccccc3-c3ccccc32)C1=O. The lowest BCUT2D eigenvalue weighted by Crippen LogP contribution is -2.53.